The molecule has 0 unspecified atom stereocenters. The zero-order valence-electron chi connectivity index (χ0n) is 19.6. The van der Waals surface area contributed by atoms with Crippen LogP contribution in [0.3, 0.4) is 0 Å². The predicted octanol–water partition coefficient (Wildman–Crippen LogP) is 3.35. The van der Waals surface area contributed by atoms with Crippen LogP contribution >= 0.6 is 0 Å². The third-order valence-corrected chi connectivity index (χ3v) is 5.73. The number of hydrogen-bond donors (Lipinski definition) is 0. The summed E-state index contributed by atoms with van der Waals surface area (Å²) in [7, 11) is 1.57. The molecule has 2 aromatic heterocycles. The van der Waals surface area contributed by atoms with E-state index in [4.69, 9.17) is 0 Å². The highest BCUT2D eigenvalue weighted by Gasteiger charge is 2.17. The van der Waals surface area contributed by atoms with Crippen LogP contribution in [0.2, 0.25) is 0 Å². The molecule has 0 saturated heterocycles. The van der Waals surface area contributed by atoms with Gasteiger partial charge >= 0.3 is 5.69 Å². The lowest BCUT2D eigenvalue weighted by Crippen LogP contribution is -2.38. The molecule has 0 aliphatic carbocycles. The number of aryl methyl sites for hydroxylation is 2. The van der Waals surface area contributed by atoms with Gasteiger partial charge in [-0.05, 0) is 59.9 Å². The van der Waals surface area contributed by atoms with Gasteiger partial charge in [-0.25, -0.2) is 4.79 Å². The fourth-order valence-corrected chi connectivity index (χ4v) is 3.92. The van der Waals surface area contributed by atoms with Gasteiger partial charge in [0.1, 0.15) is 5.69 Å². The Labute approximate surface area is 202 Å². The summed E-state index contributed by atoms with van der Waals surface area (Å²) >= 11 is 0. The molecule has 35 heavy (non-hydrogen) atoms. The monoisotopic (exact) mass is 467 g/mol. The fourth-order valence-electron chi connectivity index (χ4n) is 3.92. The number of carbonyl (C=O) groups excluding carboxylic acids is 2. The highest BCUT2D eigenvalue weighted by Crippen LogP contribution is 2.18. The molecule has 0 amide bonds. The Balaban J connectivity index is 1.69. The topological polar surface area (TPSA) is 91.0 Å². The summed E-state index contributed by atoms with van der Waals surface area (Å²) in [6.45, 7) is 1.87. The Morgan fingerprint density at radius 2 is 1.60 bits per heavy atom. The molecule has 0 fully saturated rings. The average molecular weight is 468 g/mol. The Hall–Kier alpha value is -4.39. The Bertz CT molecular complexity index is 1520. The first kappa shape index (κ1) is 23.8. The second kappa shape index (κ2) is 10.3. The number of rotatable bonds is 8. The lowest BCUT2D eigenvalue weighted by atomic mass is 9.96. The maximum atomic E-state index is 13.1. The molecule has 4 aromatic rings. The standard InChI is InChI=1S/C28H25N3O4/c1-19-8-10-29-24(12-19)26(33)17-25(32)23-15-21(13-20-6-4-3-5-7-20)14-22(16-23)18-31-27(34)9-11-30(2)28(31)35/h3-12,14-16H,13,17-18H2,1-2H3. The number of ketones is 2. The summed E-state index contributed by atoms with van der Waals surface area (Å²) < 4.78 is 2.45. The molecule has 0 atom stereocenters. The summed E-state index contributed by atoms with van der Waals surface area (Å²) in [6.07, 6.45) is 3.21. The van der Waals surface area contributed by atoms with Crippen molar-refractivity contribution < 1.29 is 9.59 Å². The Morgan fingerprint density at radius 3 is 2.34 bits per heavy atom. The number of hydrogen-bond acceptors (Lipinski definition) is 5. The predicted molar refractivity (Wildman–Crippen MR) is 133 cm³/mol. The summed E-state index contributed by atoms with van der Waals surface area (Å²) in [5.74, 6) is -0.704. The van der Waals surface area contributed by atoms with Crippen molar-refractivity contribution in [3.63, 3.8) is 0 Å². The lowest BCUT2D eigenvalue weighted by Gasteiger charge is -2.12. The molecule has 7 heteroatoms. The van der Waals surface area contributed by atoms with E-state index < -0.39 is 11.2 Å². The van der Waals surface area contributed by atoms with Gasteiger partial charge in [0.25, 0.3) is 5.56 Å². The summed E-state index contributed by atoms with van der Waals surface area (Å²) in [5, 5.41) is 0. The number of carbonyl (C=O) groups is 2. The molecule has 0 aliphatic heterocycles. The van der Waals surface area contributed by atoms with Crippen LogP contribution in [0, 0.1) is 6.92 Å². The van der Waals surface area contributed by atoms with Crippen LogP contribution < -0.4 is 11.2 Å². The van der Waals surface area contributed by atoms with E-state index in [0.717, 1.165) is 21.3 Å². The zero-order chi connectivity index (χ0) is 24.9. The molecule has 0 spiro atoms. The molecule has 2 heterocycles. The van der Waals surface area contributed by atoms with Crippen LogP contribution in [-0.2, 0) is 20.0 Å². The Morgan fingerprint density at radius 1 is 0.857 bits per heavy atom. The molecular formula is C28H25N3O4. The van der Waals surface area contributed by atoms with Crippen LogP contribution in [0.5, 0.6) is 0 Å². The maximum Gasteiger partial charge on any atom is 0.331 e. The molecular weight excluding hydrogens is 442 g/mol. The van der Waals surface area contributed by atoms with Gasteiger partial charge in [-0.3, -0.25) is 23.9 Å². The van der Waals surface area contributed by atoms with E-state index in [0.29, 0.717) is 17.5 Å². The molecule has 0 radical (unpaired) electrons. The van der Waals surface area contributed by atoms with E-state index >= 15 is 0 Å². The third kappa shape index (κ3) is 5.76. The molecule has 0 saturated carbocycles. The quantitative estimate of drug-likeness (QED) is 0.293. The zero-order valence-corrected chi connectivity index (χ0v) is 19.6. The normalized spacial score (nSPS) is 10.8. The van der Waals surface area contributed by atoms with E-state index in [2.05, 4.69) is 4.98 Å². The SMILES string of the molecule is Cc1ccnc(C(=O)CC(=O)c2cc(Cc3ccccc3)cc(Cn3c(=O)ccn(C)c3=O)c2)c1. The van der Waals surface area contributed by atoms with Crippen molar-refractivity contribution in [2.24, 2.45) is 7.05 Å². The van der Waals surface area contributed by atoms with Crippen molar-refractivity contribution in [2.45, 2.75) is 26.3 Å². The second-order valence-electron chi connectivity index (χ2n) is 8.58. The number of nitrogens with zero attached hydrogens (tertiary/aromatic N) is 3. The molecule has 2 aromatic carbocycles. The van der Waals surface area contributed by atoms with Gasteiger partial charge in [-0.1, -0.05) is 36.4 Å². The van der Waals surface area contributed by atoms with Gasteiger partial charge in [-0.15, -0.1) is 0 Å². The van der Waals surface area contributed by atoms with E-state index in [1.807, 2.05) is 43.3 Å². The first-order chi connectivity index (χ1) is 16.8. The first-order valence-corrected chi connectivity index (χ1v) is 11.2. The minimum absolute atomic E-state index is 0.0165. The average Bonchev–Trinajstić information content (AvgIpc) is 2.84. The van der Waals surface area contributed by atoms with E-state index in [9.17, 15) is 19.2 Å². The number of pyridine rings is 1. The second-order valence-corrected chi connectivity index (χ2v) is 8.58. The van der Waals surface area contributed by atoms with Gasteiger partial charge in [-0.2, -0.15) is 0 Å². The summed E-state index contributed by atoms with van der Waals surface area (Å²) in [6, 6.07) is 19.8. The minimum Gasteiger partial charge on any atom is -0.303 e. The van der Waals surface area contributed by atoms with Crippen molar-refractivity contribution in [3.8, 4) is 0 Å². The summed E-state index contributed by atoms with van der Waals surface area (Å²) in [4.78, 5) is 54.8. The van der Waals surface area contributed by atoms with Gasteiger partial charge < -0.3 is 4.57 Å². The number of aromatic nitrogens is 3. The smallest absolute Gasteiger partial charge is 0.303 e. The molecule has 0 bridgehead atoms. The van der Waals surface area contributed by atoms with Crippen LogP contribution in [-0.4, -0.2) is 25.7 Å². The lowest BCUT2D eigenvalue weighted by molar-refractivity contribution is 0.0891. The third-order valence-electron chi connectivity index (χ3n) is 5.73. The van der Waals surface area contributed by atoms with Gasteiger partial charge in [0.05, 0.1) is 13.0 Å². The molecule has 7 nitrogen and oxygen atoms in total. The molecule has 4 rings (SSSR count). The highest BCUT2D eigenvalue weighted by atomic mass is 16.2. The van der Waals surface area contributed by atoms with Crippen LogP contribution in [0.1, 0.15) is 49.5 Å². The van der Waals surface area contributed by atoms with Crippen molar-refractivity contribution >= 4 is 11.6 Å². The fraction of sp³-hybridized carbons (Fsp3) is 0.179. The molecule has 0 aliphatic rings. The van der Waals surface area contributed by atoms with Gasteiger partial charge in [0.15, 0.2) is 11.6 Å². The molecule has 0 N–H and O–H groups in total. The van der Waals surface area contributed by atoms with Crippen molar-refractivity contribution in [1.29, 1.82) is 0 Å². The van der Waals surface area contributed by atoms with Crippen LogP contribution in [0.4, 0.5) is 0 Å². The highest BCUT2D eigenvalue weighted by molar-refractivity contribution is 6.13. The first-order valence-electron chi connectivity index (χ1n) is 11.2. The van der Waals surface area contributed by atoms with Crippen LogP contribution in [0.25, 0.3) is 0 Å². The van der Waals surface area contributed by atoms with Crippen molar-refractivity contribution in [1.82, 2.24) is 14.1 Å². The maximum absolute atomic E-state index is 13.1. The molecule has 176 valence electrons. The van der Waals surface area contributed by atoms with Gasteiger partial charge in [0, 0.05) is 31.1 Å². The Kier molecular flexibility index (Phi) is 6.96. The van der Waals surface area contributed by atoms with E-state index in [-0.39, 0.29) is 30.2 Å². The minimum atomic E-state index is -0.445. The number of Topliss-reactive ketones (excluding diaryl/α,β-unsaturated/α-hetero) is 2. The largest absolute Gasteiger partial charge is 0.331 e. The van der Waals surface area contributed by atoms with E-state index in [1.165, 1.54) is 16.8 Å². The number of benzene rings is 2. The summed E-state index contributed by atoms with van der Waals surface area (Å²) in [5.41, 5.74) is 3.16. The van der Waals surface area contributed by atoms with E-state index in [1.54, 1.807) is 37.5 Å². The van der Waals surface area contributed by atoms with Gasteiger partial charge in [0.2, 0.25) is 0 Å². The van der Waals surface area contributed by atoms with Crippen molar-refractivity contribution in [3.05, 3.63) is 133 Å². The van der Waals surface area contributed by atoms with Crippen LogP contribution in [0.15, 0.2) is 88.7 Å². The van der Waals surface area contributed by atoms with Crippen molar-refractivity contribution in [2.75, 3.05) is 0 Å².